The first-order valence-electron chi connectivity index (χ1n) is 13.0. The fourth-order valence-corrected chi connectivity index (χ4v) is 5.67. The predicted molar refractivity (Wildman–Crippen MR) is 163 cm³/mol. The quantitative estimate of drug-likeness (QED) is 0.178. The van der Waals surface area contributed by atoms with E-state index >= 15 is 0 Å². The largest absolute Gasteiger partial charge is 0.392 e. The second kappa shape index (κ2) is 14.2. The first-order valence-corrected chi connectivity index (χ1v) is 15.1. The lowest BCUT2D eigenvalue weighted by atomic mass is 9.91. The van der Waals surface area contributed by atoms with Crippen LogP contribution < -0.4 is 10.6 Å². The summed E-state index contributed by atoms with van der Waals surface area (Å²) in [6.07, 6.45) is -0.997. The van der Waals surface area contributed by atoms with Crippen molar-refractivity contribution in [2.45, 2.75) is 54.2 Å². The summed E-state index contributed by atoms with van der Waals surface area (Å²) in [6, 6.07) is 23.0. The van der Waals surface area contributed by atoms with Crippen molar-refractivity contribution in [3.05, 3.63) is 95.1 Å². The van der Waals surface area contributed by atoms with E-state index in [4.69, 9.17) is 44.3 Å². The van der Waals surface area contributed by atoms with Crippen molar-refractivity contribution in [3.8, 4) is 0 Å². The molecule has 0 aliphatic carbocycles. The van der Waals surface area contributed by atoms with Crippen LogP contribution in [-0.4, -0.2) is 32.6 Å². The lowest BCUT2D eigenvalue weighted by Crippen LogP contribution is -2.38. The van der Waals surface area contributed by atoms with E-state index in [2.05, 4.69) is 17.6 Å². The Morgan fingerprint density at radius 1 is 0.902 bits per heavy atom. The van der Waals surface area contributed by atoms with E-state index in [0.29, 0.717) is 5.75 Å². The molecule has 2 amide bonds. The number of rotatable bonds is 9. The van der Waals surface area contributed by atoms with Gasteiger partial charge in [-0.3, -0.25) is 9.59 Å². The SMILES string of the molecule is CC(=O)Nc1ccc(SC[C@@H]2O[C@H](c3ccc(CNC(=O)C(Cl)(Cl)Cl)cc3)O[C@H](c3ccc(CO)cc3)[C@@H]2C)cc1. The third-order valence-corrected chi connectivity index (χ3v) is 8.29. The maximum Gasteiger partial charge on any atom is 0.272 e. The number of carbonyl (C=O) groups excluding carboxylic acids is 2. The number of aliphatic hydroxyl groups is 1. The molecule has 1 heterocycles. The van der Waals surface area contributed by atoms with Crippen LogP contribution in [0.4, 0.5) is 5.69 Å². The molecular weight excluding hydrogens is 607 g/mol. The molecule has 0 radical (unpaired) electrons. The standard InChI is InChI=1S/C30H31Cl3N2O5S/c1-18-26(17-41-25-13-11-24(12-14-25)35-19(2)37)39-28(40-27(18)22-7-5-21(16-36)6-8-22)23-9-3-20(4-10-23)15-34-29(38)30(31,32)33/h3-14,18,26-28,36H,15-17H2,1-2H3,(H,34,38)(H,35,37)/t18-,26+,27+,28+/m1/s1. The van der Waals surface area contributed by atoms with E-state index in [1.165, 1.54) is 6.92 Å². The first-order chi connectivity index (χ1) is 19.5. The van der Waals surface area contributed by atoms with Crippen molar-refractivity contribution in [3.63, 3.8) is 0 Å². The molecular formula is C30H31Cl3N2O5S. The molecule has 4 atom stereocenters. The van der Waals surface area contributed by atoms with Gasteiger partial charge in [0.05, 0.1) is 18.8 Å². The molecule has 0 unspecified atom stereocenters. The van der Waals surface area contributed by atoms with Crippen molar-refractivity contribution in [2.75, 3.05) is 11.1 Å². The van der Waals surface area contributed by atoms with Gasteiger partial charge in [-0.1, -0.05) is 90.3 Å². The Balaban J connectivity index is 1.50. The smallest absolute Gasteiger partial charge is 0.272 e. The highest BCUT2D eigenvalue weighted by Gasteiger charge is 2.38. The predicted octanol–water partition coefficient (Wildman–Crippen LogP) is 6.71. The van der Waals surface area contributed by atoms with Crippen LogP contribution in [0, 0.1) is 5.92 Å². The average Bonchev–Trinajstić information content (AvgIpc) is 2.95. The second-order valence-electron chi connectivity index (χ2n) is 9.76. The molecule has 11 heteroatoms. The lowest BCUT2D eigenvalue weighted by Gasteiger charge is -2.41. The summed E-state index contributed by atoms with van der Waals surface area (Å²) in [7, 11) is 0. The number of alkyl halides is 3. The highest BCUT2D eigenvalue weighted by Crippen LogP contribution is 2.43. The van der Waals surface area contributed by atoms with Gasteiger partial charge in [-0.25, -0.2) is 0 Å². The van der Waals surface area contributed by atoms with E-state index < -0.39 is 16.0 Å². The van der Waals surface area contributed by atoms with Crippen LogP contribution >= 0.6 is 46.6 Å². The number of thioether (sulfide) groups is 1. The summed E-state index contributed by atoms with van der Waals surface area (Å²) in [5.74, 6) is -0.0830. The van der Waals surface area contributed by atoms with Crippen LogP contribution in [0.5, 0.6) is 0 Å². The van der Waals surface area contributed by atoms with E-state index in [1.54, 1.807) is 11.8 Å². The molecule has 7 nitrogen and oxygen atoms in total. The van der Waals surface area contributed by atoms with Gasteiger partial charge in [0, 0.05) is 41.3 Å². The fourth-order valence-electron chi connectivity index (χ4n) is 4.40. The van der Waals surface area contributed by atoms with Crippen molar-refractivity contribution >= 4 is 64.1 Å². The molecule has 0 saturated carbocycles. The molecule has 4 rings (SSSR count). The molecule has 3 aromatic carbocycles. The van der Waals surface area contributed by atoms with E-state index in [-0.39, 0.29) is 37.2 Å². The Kier molecular flexibility index (Phi) is 11.0. The fraction of sp³-hybridized carbons (Fsp3) is 0.333. The van der Waals surface area contributed by atoms with Gasteiger partial charge in [0.2, 0.25) is 5.91 Å². The Morgan fingerprint density at radius 2 is 1.51 bits per heavy atom. The molecule has 1 saturated heterocycles. The molecule has 218 valence electrons. The van der Waals surface area contributed by atoms with Crippen molar-refractivity contribution in [1.82, 2.24) is 5.32 Å². The van der Waals surface area contributed by atoms with Gasteiger partial charge < -0.3 is 25.2 Å². The normalized spacial score (nSPS) is 20.8. The van der Waals surface area contributed by atoms with Crippen molar-refractivity contribution < 1.29 is 24.2 Å². The maximum atomic E-state index is 11.9. The third kappa shape index (κ3) is 8.85. The third-order valence-electron chi connectivity index (χ3n) is 6.67. The van der Waals surface area contributed by atoms with Gasteiger partial charge in [-0.2, -0.15) is 0 Å². The monoisotopic (exact) mass is 636 g/mol. The number of ether oxygens (including phenoxy) is 2. The van der Waals surface area contributed by atoms with Crippen LogP contribution in [0.3, 0.4) is 0 Å². The number of aliphatic hydroxyl groups excluding tert-OH is 1. The average molecular weight is 638 g/mol. The zero-order valence-corrected chi connectivity index (χ0v) is 25.6. The number of hydrogen-bond donors (Lipinski definition) is 3. The Bertz CT molecular complexity index is 1320. The van der Waals surface area contributed by atoms with Crippen LogP contribution in [-0.2, 0) is 32.2 Å². The topological polar surface area (TPSA) is 96.9 Å². The molecule has 1 fully saturated rings. The Hall–Kier alpha value is -2.30. The molecule has 41 heavy (non-hydrogen) atoms. The summed E-state index contributed by atoms with van der Waals surface area (Å²) < 4.78 is 11.0. The molecule has 1 aliphatic heterocycles. The van der Waals surface area contributed by atoms with Crippen LogP contribution in [0.1, 0.15) is 48.5 Å². The van der Waals surface area contributed by atoms with Crippen LogP contribution in [0.15, 0.2) is 77.7 Å². The number of hydrogen-bond acceptors (Lipinski definition) is 6. The number of anilines is 1. The van der Waals surface area contributed by atoms with Gasteiger partial charge in [-0.05, 0) is 41.0 Å². The highest BCUT2D eigenvalue weighted by atomic mass is 35.6. The van der Waals surface area contributed by atoms with E-state index in [1.807, 2.05) is 72.8 Å². The summed E-state index contributed by atoms with van der Waals surface area (Å²) in [5, 5.41) is 14.9. The van der Waals surface area contributed by atoms with Crippen molar-refractivity contribution in [2.24, 2.45) is 5.92 Å². The number of nitrogens with one attached hydrogen (secondary N) is 2. The van der Waals surface area contributed by atoms with E-state index in [0.717, 1.165) is 32.8 Å². The van der Waals surface area contributed by atoms with Crippen LogP contribution in [0.25, 0.3) is 0 Å². The highest BCUT2D eigenvalue weighted by molar-refractivity contribution is 7.99. The molecule has 3 N–H and O–H groups in total. The van der Waals surface area contributed by atoms with Gasteiger partial charge in [0.25, 0.3) is 9.70 Å². The first kappa shape index (κ1) is 31.6. The summed E-state index contributed by atoms with van der Waals surface area (Å²) in [5.41, 5.74) is 4.24. The number of benzene rings is 3. The maximum absolute atomic E-state index is 11.9. The zero-order valence-electron chi connectivity index (χ0n) is 22.5. The van der Waals surface area contributed by atoms with E-state index in [9.17, 15) is 14.7 Å². The Labute approximate surface area is 258 Å². The number of halogens is 3. The minimum atomic E-state index is -2.02. The summed E-state index contributed by atoms with van der Waals surface area (Å²) in [6.45, 7) is 3.77. The van der Waals surface area contributed by atoms with Gasteiger partial charge in [0.1, 0.15) is 0 Å². The zero-order chi connectivity index (χ0) is 29.6. The van der Waals surface area contributed by atoms with Gasteiger partial charge in [-0.15, -0.1) is 11.8 Å². The molecule has 1 aliphatic rings. The number of amides is 2. The Morgan fingerprint density at radius 3 is 2.10 bits per heavy atom. The minimum absolute atomic E-state index is 0.0262. The summed E-state index contributed by atoms with van der Waals surface area (Å²) >= 11 is 18.6. The molecule has 0 bridgehead atoms. The summed E-state index contributed by atoms with van der Waals surface area (Å²) in [4.78, 5) is 24.3. The second-order valence-corrected chi connectivity index (χ2v) is 13.1. The molecule has 0 aromatic heterocycles. The van der Waals surface area contributed by atoms with Crippen molar-refractivity contribution in [1.29, 1.82) is 0 Å². The molecule has 3 aromatic rings. The van der Waals surface area contributed by atoms with Crippen LogP contribution in [0.2, 0.25) is 0 Å². The molecule has 0 spiro atoms. The number of carbonyl (C=O) groups is 2. The lowest BCUT2D eigenvalue weighted by molar-refractivity contribution is -0.268. The van der Waals surface area contributed by atoms with Gasteiger partial charge in [0.15, 0.2) is 6.29 Å². The van der Waals surface area contributed by atoms with Gasteiger partial charge >= 0.3 is 0 Å². The minimum Gasteiger partial charge on any atom is -0.392 e.